The summed E-state index contributed by atoms with van der Waals surface area (Å²) in [5, 5.41) is -0.498. The third-order valence-electron chi connectivity index (χ3n) is 2.22. The topological polar surface area (TPSA) is 63.2 Å². The maximum absolute atomic E-state index is 11.5. The van der Waals surface area contributed by atoms with E-state index in [-0.39, 0.29) is 0 Å². The molecule has 0 radical (unpaired) electrons. The Labute approximate surface area is 93.4 Å². The van der Waals surface area contributed by atoms with Crippen molar-refractivity contribution in [3.8, 4) is 0 Å². The maximum atomic E-state index is 11.5. The Balaban J connectivity index is 2.69. The molecule has 1 aliphatic carbocycles. The molecule has 1 saturated carbocycles. The van der Waals surface area contributed by atoms with Crippen LogP contribution in [0.25, 0.3) is 0 Å². The SMILES string of the molecule is O=P(Cl)(Cl)NS(=O)(=O)C1CCCCC1. The van der Waals surface area contributed by atoms with Gasteiger partial charge >= 0.3 is 6.00 Å². The van der Waals surface area contributed by atoms with Crippen molar-refractivity contribution >= 4 is 38.5 Å². The highest BCUT2D eigenvalue weighted by molar-refractivity contribution is 8.14. The molecule has 0 bridgehead atoms. The Bertz CT molecular complexity index is 333. The minimum absolute atomic E-state index is 0.498. The van der Waals surface area contributed by atoms with Crippen LogP contribution in [0.3, 0.4) is 0 Å². The van der Waals surface area contributed by atoms with E-state index in [1.165, 1.54) is 0 Å². The first-order valence-corrected chi connectivity index (χ1v) is 9.40. The van der Waals surface area contributed by atoms with Crippen molar-refractivity contribution in [1.29, 1.82) is 0 Å². The molecule has 0 aromatic heterocycles. The second-order valence-electron chi connectivity index (χ2n) is 3.36. The molecule has 0 amide bonds. The van der Waals surface area contributed by atoms with Gasteiger partial charge in [0.2, 0.25) is 10.0 Å². The molecule has 14 heavy (non-hydrogen) atoms. The molecule has 1 rings (SSSR count). The standard InChI is InChI=1S/C6H12Cl2NO3PS/c7-13(8,10)9-14(11,12)6-4-2-1-3-5-6/h6H,1-5H2,(H,9,10). The fraction of sp³-hybridized carbons (Fsp3) is 1.00. The second-order valence-corrected chi connectivity index (χ2v) is 10.1. The summed E-state index contributed by atoms with van der Waals surface area (Å²) in [7, 11) is -3.62. The molecule has 4 nitrogen and oxygen atoms in total. The lowest BCUT2D eigenvalue weighted by Crippen LogP contribution is -2.32. The molecule has 0 unspecified atom stereocenters. The minimum atomic E-state index is -3.75. The van der Waals surface area contributed by atoms with E-state index in [0.29, 0.717) is 12.8 Å². The zero-order valence-corrected chi connectivity index (χ0v) is 10.7. The van der Waals surface area contributed by atoms with Crippen LogP contribution in [0.4, 0.5) is 0 Å². The van der Waals surface area contributed by atoms with E-state index in [9.17, 15) is 13.0 Å². The van der Waals surface area contributed by atoms with E-state index in [2.05, 4.69) is 0 Å². The number of hydrogen-bond acceptors (Lipinski definition) is 3. The van der Waals surface area contributed by atoms with Gasteiger partial charge < -0.3 is 0 Å². The van der Waals surface area contributed by atoms with Crippen molar-refractivity contribution in [2.45, 2.75) is 37.4 Å². The average Bonchev–Trinajstić information content (AvgIpc) is 2.01. The van der Waals surface area contributed by atoms with E-state index >= 15 is 0 Å². The first-order valence-electron chi connectivity index (χ1n) is 4.33. The number of hydrogen-bond donors (Lipinski definition) is 1. The molecule has 1 fully saturated rings. The minimum Gasteiger partial charge on any atom is -0.270 e. The van der Waals surface area contributed by atoms with Gasteiger partial charge in [0.1, 0.15) is 0 Å². The largest absolute Gasteiger partial charge is 0.332 e. The first-order chi connectivity index (χ1) is 6.31. The molecule has 0 atom stereocenters. The van der Waals surface area contributed by atoms with E-state index < -0.39 is 21.3 Å². The molecule has 0 saturated heterocycles. The molecule has 1 N–H and O–H groups in total. The Kier molecular flexibility index (Phi) is 4.30. The third kappa shape index (κ3) is 4.07. The zero-order valence-electron chi connectivity index (χ0n) is 7.45. The molecular weight excluding hydrogens is 268 g/mol. The summed E-state index contributed by atoms with van der Waals surface area (Å²) in [4.78, 5) is 0. The van der Waals surface area contributed by atoms with E-state index in [1.54, 1.807) is 0 Å². The number of sulfonamides is 1. The van der Waals surface area contributed by atoms with Crippen LogP contribution in [0, 0.1) is 0 Å². The summed E-state index contributed by atoms with van der Waals surface area (Å²) in [6.45, 7) is 0. The van der Waals surface area contributed by atoms with E-state index in [0.717, 1.165) is 19.3 Å². The highest BCUT2D eigenvalue weighted by Crippen LogP contribution is 2.53. The van der Waals surface area contributed by atoms with Crippen LogP contribution in [0.2, 0.25) is 0 Å². The molecule has 1 aliphatic rings. The van der Waals surface area contributed by atoms with Gasteiger partial charge in [-0.2, -0.15) is 0 Å². The Morgan fingerprint density at radius 2 is 1.64 bits per heavy atom. The van der Waals surface area contributed by atoms with Gasteiger partial charge in [-0.15, -0.1) is 4.49 Å². The number of halogens is 2. The Morgan fingerprint density at radius 1 is 1.14 bits per heavy atom. The van der Waals surface area contributed by atoms with Crippen LogP contribution in [-0.2, 0) is 14.6 Å². The fourth-order valence-electron chi connectivity index (χ4n) is 1.60. The first kappa shape index (κ1) is 12.8. The zero-order chi connectivity index (χ0) is 10.8. The fourth-order valence-corrected chi connectivity index (χ4v) is 6.06. The predicted octanol–water partition coefficient (Wildman–Crippen LogP) is 2.82. The molecular formula is C6H12Cl2NO3PS. The lowest BCUT2D eigenvalue weighted by atomic mass is 10.0. The van der Waals surface area contributed by atoms with Crippen LogP contribution >= 0.6 is 28.5 Å². The summed E-state index contributed by atoms with van der Waals surface area (Å²) in [6, 6.07) is 0. The second kappa shape index (κ2) is 4.71. The maximum Gasteiger partial charge on any atom is 0.332 e. The summed E-state index contributed by atoms with van der Waals surface area (Å²) in [5.41, 5.74) is 0. The molecule has 84 valence electrons. The quantitative estimate of drug-likeness (QED) is 0.808. The molecule has 0 aromatic carbocycles. The van der Waals surface area contributed by atoms with Crippen LogP contribution in [0.15, 0.2) is 0 Å². The molecule has 0 spiro atoms. The van der Waals surface area contributed by atoms with Gasteiger partial charge in [-0.3, -0.25) is 4.57 Å². The third-order valence-corrected chi connectivity index (χ3v) is 6.68. The Hall–Kier alpha value is 0.720. The van der Waals surface area contributed by atoms with Gasteiger partial charge in [-0.25, -0.2) is 8.42 Å². The molecule has 0 aliphatic heterocycles. The number of nitrogens with one attached hydrogen (secondary N) is 1. The van der Waals surface area contributed by atoms with Crippen LogP contribution in [-0.4, -0.2) is 13.7 Å². The van der Waals surface area contributed by atoms with Gasteiger partial charge in [-0.1, -0.05) is 19.3 Å². The molecule has 8 heteroatoms. The molecule has 0 aromatic rings. The van der Waals surface area contributed by atoms with Crippen LogP contribution in [0.5, 0.6) is 0 Å². The van der Waals surface area contributed by atoms with Crippen molar-refractivity contribution in [3.05, 3.63) is 0 Å². The van der Waals surface area contributed by atoms with Gasteiger partial charge in [-0.05, 0) is 35.3 Å². The van der Waals surface area contributed by atoms with Gasteiger partial charge in [0.15, 0.2) is 0 Å². The van der Waals surface area contributed by atoms with E-state index in [4.69, 9.17) is 22.5 Å². The van der Waals surface area contributed by atoms with Crippen LogP contribution in [0.1, 0.15) is 32.1 Å². The lowest BCUT2D eigenvalue weighted by molar-refractivity contribution is 0.482. The lowest BCUT2D eigenvalue weighted by Gasteiger charge is -2.21. The van der Waals surface area contributed by atoms with Gasteiger partial charge in [0, 0.05) is 0 Å². The van der Waals surface area contributed by atoms with E-state index in [1.807, 2.05) is 4.49 Å². The van der Waals surface area contributed by atoms with Crippen LogP contribution < -0.4 is 4.49 Å². The van der Waals surface area contributed by atoms with Crippen molar-refractivity contribution < 1.29 is 13.0 Å². The van der Waals surface area contributed by atoms with Gasteiger partial charge in [0.25, 0.3) is 0 Å². The summed E-state index contributed by atoms with van der Waals surface area (Å²) in [6.07, 6.45) is 3.97. The predicted molar refractivity (Wildman–Crippen MR) is 58.2 cm³/mol. The normalized spacial score (nSPS) is 21.0. The Morgan fingerprint density at radius 3 is 2.07 bits per heavy atom. The highest BCUT2D eigenvalue weighted by Gasteiger charge is 2.32. The van der Waals surface area contributed by atoms with Crippen molar-refractivity contribution in [2.24, 2.45) is 0 Å². The monoisotopic (exact) mass is 279 g/mol. The number of rotatable bonds is 3. The highest BCUT2D eigenvalue weighted by atomic mass is 35.9. The van der Waals surface area contributed by atoms with Crippen molar-refractivity contribution in [2.75, 3.05) is 0 Å². The summed E-state index contributed by atoms with van der Waals surface area (Å²) < 4.78 is 35.8. The average molecular weight is 280 g/mol. The van der Waals surface area contributed by atoms with Gasteiger partial charge in [0.05, 0.1) is 5.25 Å². The van der Waals surface area contributed by atoms with Crippen molar-refractivity contribution in [3.63, 3.8) is 0 Å². The smallest absolute Gasteiger partial charge is 0.270 e. The van der Waals surface area contributed by atoms with Crippen molar-refractivity contribution in [1.82, 2.24) is 4.49 Å². The molecule has 0 heterocycles. The summed E-state index contributed by atoms with van der Waals surface area (Å²) in [5.74, 6) is -3.75. The summed E-state index contributed by atoms with van der Waals surface area (Å²) >= 11 is 10.3.